The van der Waals surface area contributed by atoms with Crippen molar-refractivity contribution >= 4 is 5.78 Å². The molecule has 0 saturated carbocycles. The summed E-state index contributed by atoms with van der Waals surface area (Å²) < 4.78 is 1.87. The van der Waals surface area contributed by atoms with Gasteiger partial charge in [0.05, 0.1) is 12.1 Å². The maximum atomic E-state index is 12.2. The van der Waals surface area contributed by atoms with E-state index < -0.39 is 0 Å². The molecule has 4 nitrogen and oxygen atoms in total. The number of pyridine rings is 1. The van der Waals surface area contributed by atoms with Gasteiger partial charge < -0.3 is 0 Å². The quantitative estimate of drug-likeness (QED) is 0.791. The maximum Gasteiger partial charge on any atom is 0.169 e. The molecule has 100 valence electrons. The SMILES string of the molecule is Cc1cc(C(=O)Cc2ccn(C(C)C)n2)cc(C)n1. The van der Waals surface area contributed by atoms with Crippen molar-refractivity contribution in [1.82, 2.24) is 14.8 Å². The number of nitrogens with zero attached hydrogens (tertiary/aromatic N) is 3. The number of aryl methyl sites for hydroxylation is 2. The third kappa shape index (κ3) is 3.28. The van der Waals surface area contributed by atoms with Gasteiger partial charge >= 0.3 is 0 Å². The van der Waals surface area contributed by atoms with Gasteiger partial charge in [0, 0.05) is 29.2 Å². The van der Waals surface area contributed by atoms with Crippen molar-refractivity contribution in [3.8, 4) is 0 Å². The molecule has 2 aromatic rings. The van der Waals surface area contributed by atoms with E-state index in [1.807, 2.05) is 42.9 Å². The number of carbonyl (C=O) groups excluding carboxylic acids is 1. The monoisotopic (exact) mass is 257 g/mol. The summed E-state index contributed by atoms with van der Waals surface area (Å²) in [6, 6.07) is 5.87. The lowest BCUT2D eigenvalue weighted by molar-refractivity contribution is 0.0991. The van der Waals surface area contributed by atoms with E-state index in [4.69, 9.17) is 0 Å². The first-order valence-electron chi connectivity index (χ1n) is 6.48. The first-order valence-corrected chi connectivity index (χ1v) is 6.48. The molecule has 0 radical (unpaired) electrons. The normalized spacial score (nSPS) is 11.0. The maximum absolute atomic E-state index is 12.2. The van der Waals surface area contributed by atoms with Crippen LogP contribution in [-0.4, -0.2) is 20.5 Å². The number of Topliss-reactive ketones (excluding diaryl/α,β-unsaturated/α-hetero) is 1. The summed E-state index contributed by atoms with van der Waals surface area (Å²) >= 11 is 0. The Morgan fingerprint density at radius 2 is 1.89 bits per heavy atom. The Bertz CT molecular complexity index is 579. The van der Waals surface area contributed by atoms with Crippen molar-refractivity contribution in [2.75, 3.05) is 0 Å². The van der Waals surface area contributed by atoms with Gasteiger partial charge in [0.15, 0.2) is 5.78 Å². The Kier molecular flexibility index (Phi) is 3.79. The van der Waals surface area contributed by atoms with Gasteiger partial charge in [0.1, 0.15) is 0 Å². The Morgan fingerprint density at radius 3 is 2.42 bits per heavy atom. The van der Waals surface area contributed by atoms with E-state index in [0.717, 1.165) is 17.1 Å². The molecule has 0 amide bonds. The minimum absolute atomic E-state index is 0.0857. The number of ketones is 1. The fourth-order valence-electron chi connectivity index (χ4n) is 2.02. The zero-order valence-electron chi connectivity index (χ0n) is 11.8. The third-order valence-corrected chi connectivity index (χ3v) is 2.94. The number of aromatic nitrogens is 3. The number of rotatable bonds is 4. The topological polar surface area (TPSA) is 47.8 Å². The average molecular weight is 257 g/mol. The van der Waals surface area contributed by atoms with Crippen LogP contribution in [0.4, 0.5) is 0 Å². The molecule has 0 unspecified atom stereocenters. The van der Waals surface area contributed by atoms with Crippen LogP contribution in [-0.2, 0) is 6.42 Å². The van der Waals surface area contributed by atoms with Gasteiger partial charge in [-0.05, 0) is 45.9 Å². The highest BCUT2D eigenvalue weighted by Gasteiger charge is 2.11. The van der Waals surface area contributed by atoms with Crippen LogP contribution in [0.15, 0.2) is 24.4 Å². The van der Waals surface area contributed by atoms with Gasteiger partial charge in [-0.2, -0.15) is 5.10 Å². The molecule has 0 aromatic carbocycles. The van der Waals surface area contributed by atoms with Crippen LogP contribution in [0, 0.1) is 13.8 Å². The molecule has 0 spiro atoms. The van der Waals surface area contributed by atoms with Crippen LogP contribution in [0.3, 0.4) is 0 Å². The molecule has 2 heterocycles. The Hall–Kier alpha value is -1.97. The molecule has 0 aliphatic carbocycles. The number of hydrogen-bond acceptors (Lipinski definition) is 3. The van der Waals surface area contributed by atoms with E-state index in [0.29, 0.717) is 18.0 Å². The summed E-state index contributed by atoms with van der Waals surface area (Å²) in [5.41, 5.74) is 3.27. The van der Waals surface area contributed by atoms with Crippen molar-refractivity contribution < 1.29 is 4.79 Å². The second kappa shape index (κ2) is 5.34. The molecule has 0 bridgehead atoms. The number of hydrogen-bond donors (Lipinski definition) is 0. The van der Waals surface area contributed by atoms with Gasteiger partial charge in [0.25, 0.3) is 0 Å². The Balaban J connectivity index is 2.15. The minimum Gasteiger partial charge on any atom is -0.294 e. The van der Waals surface area contributed by atoms with Gasteiger partial charge in [-0.1, -0.05) is 0 Å². The van der Waals surface area contributed by atoms with Crippen molar-refractivity contribution in [2.24, 2.45) is 0 Å². The van der Waals surface area contributed by atoms with Crippen LogP contribution in [0.25, 0.3) is 0 Å². The second-order valence-electron chi connectivity index (χ2n) is 5.12. The molecule has 0 aliphatic heterocycles. The predicted octanol–water partition coefficient (Wildman–Crippen LogP) is 2.90. The van der Waals surface area contributed by atoms with Crippen LogP contribution in [0.1, 0.15) is 47.3 Å². The summed E-state index contributed by atoms with van der Waals surface area (Å²) in [6.45, 7) is 7.93. The summed E-state index contributed by atoms with van der Waals surface area (Å²) in [5.74, 6) is 0.0857. The highest BCUT2D eigenvalue weighted by atomic mass is 16.1. The van der Waals surface area contributed by atoms with E-state index in [1.54, 1.807) is 0 Å². The summed E-state index contributed by atoms with van der Waals surface area (Å²) in [7, 11) is 0. The van der Waals surface area contributed by atoms with Crippen molar-refractivity contribution in [3.05, 3.63) is 47.0 Å². The lowest BCUT2D eigenvalue weighted by atomic mass is 10.1. The van der Waals surface area contributed by atoms with Gasteiger partial charge in [-0.3, -0.25) is 14.5 Å². The molecule has 4 heteroatoms. The third-order valence-electron chi connectivity index (χ3n) is 2.94. The molecule has 2 rings (SSSR count). The first kappa shape index (κ1) is 13.5. The number of carbonyl (C=O) groups is 1. The van der Waals surface area contributed by atoms with Crippen molar-refractivity contribution in [1.29, 1.82) is 0 Å². The highest BCUT2D eigenvalue weighted by Crippen LogP contribution is 2.10. The van der Waals surface area contributed by atoms with E-state index in [9.17, 15) is 4.79 Å². The lowest BCUT2D eigenvalue weighted by Crippen LogP contribution is -2.07. The molecule has 0 atom stereocenters. The van der Waals surface area contributed by atoms with Crippen LogP contribution in [0.5, 0.6) is 0 Å². The van der Waals surface area contributed by atoms with E-state index in [-0.39, 0.29) is 5.78 Å². The molecule has 0 N–H and O–H groups in total. The predicted molar refractivity (Wildman–Crippen MR) is 74.4 cm³/mol. The average Bonchev–Trinajstić information content (AvgIpc) is 2.76. The van der Waals surface area contributed by atoms with Gasteiger partial charge in [-0.25, -0.2) is 0 Å². The Morgan fingerprint density at radius 1 is 1.26 bits per heavy atom. The summed E-state index contributed by atoms with van der Waals surface area (Å²) in [4.78, 5) is 16.5. The highest BCUT2D eigenvalue weighted by molar-refractivity contribution is 5.97. The molecule has 0 aliphatic rings. The zero-order chi connectivity index (χ0) is 14.0. The zero-order valence-corrected chi connectivity index (χ0v) is 11.8. The fourth-order valence-corrected chi connectivity index (χ4v) is 2.02. The standard InChI is InChI=1S/C15H19N3O/c1-10(2)18-6-5-14(17-18)9-15(19)13-7-11(3)16-12(4)8-13/h5-8,10H,9H2,1-4H3. The van der Waals surface area contributed by atoms with E-state index >= 15 is 0 Å². The van der Waals surface area contributed by atoms with Crippen LogP contribution >= 0.6 is 0 Å². The first-order chi connectivity index (χ1) is 8.95. The van der Waals surface area contributed by atoms with Gasteiger partial charge in [-0.15, -0.1) is 0 Å². The molecule has 0 saturated heterocycles. The molecular formula is C15H19N3O. The summed E-state index contributed by atoms with van der Waals surface area (Å²) in [6.07, 6.45) is 2.25. The summed E-state index contributed by atoms with van der Waals surface area (Å²) in [5, 5.41) is 4.40. The Labute approximate surface area is 113 Å². The van der Waals surface area contributed by atoms with Crippen molar-refractivity contribution in [2.45, 2.75) is 40.2 Å². The smallest absolute Gasteiger partial charge is 0.169 e. The lowest BCUT2D eigenvalue weighted by Gasteiger charge is -2.04. The molecule has 19 heavy (non-hydrogen) atoms. The van der Waals surface area contributed by atoms with Crippen LogP contribution in [0.2, 0.25) is 0 Å². The van der Waals surface area contributed by atoms with Crippen molar-refractivity contribution in [3.63, 3.8) is 0 Å². The largest absolute Gasteiger partial charge is 0.294 e. The fraction of sp³-hybridized carbons (Fsp3) is 0.400. The molecule has 0 fully saturated rings. The van der Waals surface area contributed by atoms with E-state index in [1.165, 1.54) is 0 Å². The minimum atomic E-state index is 0.0857. The van der Waals surface area contributed by atoms with Crippen LogP contribution < -0.4 is 0 Å². The molecule has 2 aromatic heterocycles. The van der Waals surface area contributed by atoms with Gasteiger partial charge in [0.2, 0.25) is 0 Å². The van der Waals surface area contributed by atoms with E-state index in [2.05, 4.69) is 23.9 Å². The second-order valence-corrected chi connectivity index (χ2v) is 5.12. The molecular weight excluding hydrogens is 238 g/mol.